The largest absolute Gasteiger partial charge is 0.504 e. The fourth-order valence-electron chi connectivity index (χ4n) is 2.00. The molecule has 0 saturated carbocycles. The van der Waals surface area contributed by atoms with Gasteiger partial charge in [0.05, 0.1) is 6.20 Å². The van der Waals surface area contributed by atoms with E-state index in [1.165, 1.54) is 6.07 Å². The zero-order chi connectivity index (χ0) is 14.0. The summed E-state index contributed by atoms with van der Waals surface area (Å²) in [6, 6.07) is 5.01. The molecule has 0 saturated heterocycles. The maximum Gasteiger partial charge on any atom is 0.157 e. The van der Waals surface area contributed by atoms with Crippen LogP contribution in [0, 0.1) is 6.92 Å². The molecule has 1 heterocycles. The van der Waals surface area contributed by atoms with Gasteiger partial charge < -0.3 is 15.5 Å². The monoisotopic (exact) mass is 261 g/mol. The van der Waals surface area contributed by atoms with Crippen LogP contribution in [0.5, 0.6) is 11.5 Å². The Morgan fingerprint density at radius 3 is 2.63 bits per heavy atom. The first kappa shape index (κ1) is 13.4. The number of phenolic OH excluding ortho intramolecular Hbond substituents is 2. The predicted molar refractivity (Wildman–Crippen MR) is 73.0 cm³/mol. The highest BCUT2D eigenvalue weighted by Crippen LogP contribution is 2.25. The summed E-state index contributed by atoms with van der Waals surface area (Å²) in [6.45, 7) is 4.72. The molecule has 1 aromatic carbocycles. The lowest BCUT2D eigenvalue weighted by molar-refractivity contribution is 0.402. The number of phenols is 2. The molecule has 0 aliphatic rings. The van der Waals surface area contributed by atoms with Gasteiger partial charge in [0.1, 0.15) is 0 Å². The Labute approximate surface area is 112 Å². The maximum absolute atomic E-state index is 9.44. The Bertz CT molecular complexity index is 578. The van der Waals surface area contributed by atoms with Crippen molar-refractivity contribution in [2.24, 2.45) is 7.05 Å². The summed E-state index contributed by atoms with van der Waals surface area (Å²) in [5.41, 5.74) is 3.21. The molecule has 0 aliphatic heterocycles. The van der Waals surface area contributed by atoms with Crippen molar-refractivity contribution in [1.82, 2.24) is 15.1 Å². The summed E-state index contributed by atoms with van der Waals surface area (Å²) in [5, 5.41) is 26.3. The fourth-order valence-corrected chi connectivity index (χ4v) is 2.00. The van der Waals surface area contributed by atoms with Crippen LogP contribution in [0.3, 0.4) is 0 Å². The number of nitrogens with zero attached hydrogens (tertiary/aromatic N) is 2. The molecule has 2 aromatic rings. The molecule has 0 fully saturated rings. The minimum absolute atomic E-state index is 0.0930. The molecule has 0 spiro atoms. The van der Waals surface area contributed by atoms with Crippen LogP contribution in [0.4, 0.5) is 0 Å². The van der Waals surface area contributed by atoms with Crippen molar-refractivity contribution in [2.75, 3.05) is 0 Å². The Kier molecular flexibility index (Phi) is 3.76. The summed E-state index contributed by atoms with van der Waals surface area (Å²) in [4.78, 5) is 0. The molecule has 2 rings (SSSR count). The van der Waals surface area contributed by atoms with Gasteiger partial charge in [-0.3, -0.25) is 4.68 Å². The second-order valence-electron chi connectivity index (χ2n) is 4.73. The molecular formula is C14H19N3O2. The van der Waals surface area contributed by atoms with Gasteiger partial charge >= 0.3 is 0 Å². The van der Waals surface area contributed by atoms with Gasteiger partial charge in [0.25, 0.3) is 0 Å². The number of aromatic nitrogens is 2. The summed E-state index contributed by atoms with van der Waals surface area (Å²) < 4.78 is 1.85. The number of aryl methyl sites for hydroxylation is 1. The van der Waals surface area contributed by atoms with Crippen molar-refractivity contribution < 1.29 is 10.2 Å². The van der Waals surface area contributed by atoms with Crippen LogP contribution in [0.25, 0.3) is 0 Å². The van der Waals surface area contributed by atoms with E-state index in [9.17, 15) is 10.2 Å². The van der Waals surface area contributed by atoms with Crippen LogP contribution in [0.1, 0.15) is 29.8 Å². The highest BCUT2D eigenvalue weighted by atomic mass is 16.3. The van der Waals surface area contributed by atoms with Gasteiger partial charge in [-0.25, -0.2) is 0 Å². The molecule has 0 bridgehead atoms. The van der Waals surface area contributed by atoms with Gasteiger partial charge in [0.2, 0.25) is 0 Å². The number of rotatable bonds is 4. The third-order valence-corrected chi connectivity index (χ3v) is 3.39. The van der Waals surface area contributed by atoms with E-state index in [1.807, 2.05) is 24.9 Å². The molecule has 0 radical (unpaired) electrons. The molecule has 19 heavy (non-hydrogen) atoms. The Morgan fingerprint density at radius 1 is 1.32 bits per heavy atom. The van der Waals surface area contributed by atoms with Gasteiger partial charge in [0, 0.05) is 30.9 Å². The molecular weight excluding hydrogens is 242 g/mol. The van der Waals surface area contributed by atoms with E-state index in [-0.39, 0.29) is 17.5 Å². The van der Waals surface area contributed by atoms with Crippen molar-refractivity contribution in [1.29, 1.82) is 0 Å². The van der Waals surface area contributed by atoms with Crippen LogP contribution in [-0.4, -0.2) is 20.0 Å². The number of nitrogens with one attached hydrogen (secondary N) is 1. The van der Waals surface area contributed by atoms with E-state index < -0.39 is 0 Å². The molecule has 1 aromatic heterocycles. The van der Waals surface area contributed by atoms with Crippen molar-refractivity contribution >= 4 is 0 Å². The van der Waals surface area contributed by atoms with Gasteiger partial charge in [-0.2, -0.15) is 5.10 Å². The first-order valence-electron chi connectivity index (χ1n) is 6.21. The maximum atomic E-state index is 9.44. The number of benzene rings is 1. The van der Waals surface area contributed by atoms with Crippen LogP contribution < -0.4 is 5.32 Å². The molecule has 5 heteroatoms. The highest BCUT2D eigenvalue weighted by Gasteiger charge is 2.11. The third kappa shape index (κ3) is 2.88. The molecule has 0 aliphatic carbocycles. The van der Waals surface area contributed by atoms with Crippen LogP contribution >= 0.6 is 0 Å². The average Bonchev–Trinajstić information content (AvgIpc) is 2.71. The van der Waals surface area contributed by atoms with Gasteiger partial charge in [0.15, 0.2) is 11.5 Å². The standard InChI is InChI=1S/C14H19N3O2/c1-9(12-8-16-17(3)10(12)2)15-7-11-4-5-13(18)14(19)6-11/h4-6,8-9,15,18-19H,7H2,1-3H3. The van der Waals surface area contributed by atoms with E-state index in [2.05, 4.69) is 17.3 Å². The van der Waals surface area contributed by atoms with Gasteiger partial charge in [-0.1, -0.05) is 6.07 Å². The van der Waals surface area contributed by atoms with Crippen molar-refractivity contribution in [3.63, 3.8) is 0 Å². The van der Waals surface area contributed by atoms with Crippen LogP contribution in [0.15, 0.2) is 24.4 Å². The first-order valence-corrected chi connectivity index (χ1v) is 6.21. The normalized spacial score (nSPS) is 12.6. The minimum Gasteiger partial charge on any atom is -0.504 e. The molecule has 1 atom stereocenters. The lowest BCUT2D eigenvalue weighted by Gasteiger charge is -2.14. The number of hydrogen-bond donors (Lipinski definition) is 3. The van der Waals surface area contributed by atoms with E-state index in [0.29, 0.717) is 6.54 Å². The van der Waals surface area contributed by atoms with E-state index in [0.717, 1.165) is 16.8 Å². The SMILES string of the molecule is Cc1c(C(C)NCc2ccc(O)c(O)c2)cnn1C. The third-order valence-electron chi connectivity index (χ3n) is 3.39. The lowest BCUT2D eigenvalue weighted by atomic mass is 10.1. The minimum atomic E-state index is -0.0973. The summed E-state index contributed by atoms with van der Waals surface area (Å²) in [6.07, 6.45) is 1.86. The molecule has 0 amide bonds. The van der Waals surface area contributed by atoms with E-state index in [1.54, 1.807) is 12.1 Å². The zero-order valence-electron chi connectivity index (χ0n) is 11.4. The van der Waals surface area contributed by atoms with Crippen molar-refractivity contribution in [3.05, 3.63) is 41.2 Å². The average molecular weight is 261 g/mol. The quantitative estimate of drug-likeness (QED) is 0.736. The first-order chi connectivity index (χ1) is 8.99. The summed E-state index contributed by atoms with van der Waals surface area (Å²) in [5.74, 6) is -0.190. The Morgan fingerprint density at radius 2 is 2.05 bits per heavy atom. The molecule has 5 nitrogen and oxygen atoms in total. The lowest BCUT2D eigenvalue weighted by Crippen LogP contribution is -2.18. The number of aromatic hydroxyl groups is 2. The fraction of sp³-hybridized carbons (Fsp3) is 0.357. The van der Waals surface area contributed by atoms with Crippen LogP contribution in [0.2, 0.25) is 0 Å². The second kappa shape index (κ2) is 5.32. The van der Waals surface area contributed by atoms with E-state index >= 15 is 0 Å². The Hall–Kier alpha value is -2.01. The van der Waals surface area contributed by atoms with E-state index in [4.69, 9.17) is 0 Å². The molecule has 1 unspecified atom stereocenters. The van der Waals surface area contributed by atoms with Gasteiger partial charge in [-0.15, -0.1) is 0 Å². The number of hydrogen-bond acceptors (Lipinski definition) is 4. The summed E-state index contributed by atoms with van der Waals surface area (Å²) in [7, 11) is 1.92. The van der Waals surface area contributed by atoms with Gasteiger partial charge in [-0.05, 0) is 31.5 Å². The molecule has 102 valence electrons. The Balaban J connectivity index is 2.02. The van der Waals surface area contributed by atoms with Crippen molar-refractivity contribution in [2.45, 2.75) is 26.4 Å². The zero-order valence-corrected chi connectivity index (χ0v) is 11.4. The topological polar surface area (TPSA) is 70.3 Å². The smallest absolute Gasteiger partial charge is 0.157 e. The second-order valence-corrected chi connectivity index (χ2v) is 4.73. The van der Waals surface area contributed by atoms with Crippen LogP contribution in [-0.2, 0) is 13.6 Å². The predicted octanol–water partition coefficient (Wildman–Crippen LogP) is 1.99. The highest BCUT2D eigenvalue weighted by molar-refractivity contribution is 5.40. The molecule has 3 N–H and O–H groups in total. The van der Waals surface area contributed by atoms with Crippen molar-refractivity contribution in [3.8, 4) is 11.5 Å². The summed E-state index contributed by atoms with van der Waals surface area (Å²) >= 11 is 0.